The van der Waals surface area contributed by atoms with E-state index in [-0.39, 0.29) is 30.3 Å². The number of ether oxygens (including phenoxy) is 1. The third kappa shape index (κ3) is 8.65. The van der Waals surface area contributed by atoms with Crippen LogP contribution in [0.4, 0.5) is 5.69 Å². The first-order valence-corrected chi connectivity index (χ1v) is 12.2. The van der Waals surface area contributed by atoms with Crippen LogP contribution in [0.2, 0.25) is 5.02 Å². The molecule has 0 aliphatic carbocycles. The fourth-order valence-corrected chi connectivity index (χ4v) is 4.06. The average molecular weight is 521 g/mol. The third-order valence-corrected chi connectivity index (χ3v) is 6.17. The first-order chi connectivity index (χ1) is 16.4. The Morgan fingerprint density at radius 3 is 2.26 bits per heavy atom. The number of amides is 2. The molecule has 190 valence electrons. The highest BCUT2D eigenvalue weighted by Gasteiger charge is 2.22. The summed E-state index contributed by atoms with van der Waals surface area (Å²) in [5.74, 6) is -0.171. The Morgan fingerprint density at radius 2 is 1.69 bits per heavy atom. The van der Waals surface area contributed by atoms with Gasteiger partial charge in [0.2, 0.25) is 5.91 Å². The summed E-state index contributed by atoms with van der Waals surface area (Å²) < 4.78 is 5.59. The number of halogens is 2. The van der Waals surface area contributed by atoms with Crippen LogP contribution in [-0.4, -0.2) is 73.6 Å². The minimum absolute atomic E-state index is 0. The molecule has 0 atom stereocenters. The first-order valence-electron chi connectivity index (χ1n) is 11.8. The zero-order chi connectivity index (χ0) is 24.5. The van der Waals surface area contributed by atoms with Crippen LogP contribution in [-0.2, 0) is 16.0 Å². The van der Waals surface area contributed by atoms with Crippen LogP contribution in [0.5, 0.6) is 0 Å². The van der Waals surface area contributed by atoms with Crippen LogP contribution < -0.4 is 4.90 Å². The van der Waals surface area contributed by atoms with E-state index in [9.17, 15) is 9.59 Å². The van der Waals surface area contributed by atoms with Crippen LogP contribution in [0.15, 0.2) is 61.2 Å². The molecule has 1 saturated heterocycles. The molecule has 0 spiro atoms. The lowest BCUT2D eigenvalue weighted by Gasteiger charge is -2.35. The van der Waals surface area contributed by atoms with Gasteiger partial charge in [0.1, 0.15) is 0 Å². The number of hydrogen-bond donors (Lipinski definition) is 0. The Hall–Kier alpha value is -2.38. The third-order valence-electron chi connectivity index (χ3n) is 5.92. The van der Waals surface area contributed by atoms with Gasteiger partial charge in [-0.05, 0) is 68.3 Å². The summed E-state index contributed by atoms with van der Waals surface area (Å²) in [5, 5.41) is 0.754. The minimum Gasteiger partial charge on any atom is -0.377 e. The fourth-order valence-electron chi connectivity index (χ4n) is 3.94. The van der Waals surface area contributed by atoms with E-state index in [4.69, 9.17) is 16.3 Å². The number of anilines is 1. The summed E-state index contributed by atoms with van der Waals surface area (Å²) in [6, 6.07) is 15.2. The van der Waals surface area contributed by atoms with Gasteiger partial charge in [0.15, 0.2) is 0 Å². The van der Waals surface area contributed by atoms with Crippen LogP contribution in [0, 0.1) is 0 Å². The maximum Gasteiger partial charge on any atom is 0.253 e. The van der Waals surface area contributed by atoms with E-state index in [1.807, 2.05) is 43.0 Å². The molecule has 35 heavy (non-hydrogen) atoms. The SMILES string of the molecule is C=CC(=O)N(CCOC(C)C)c1ccc(C(=O)N2CCN(CCc3ccc(Cl)cc3)CC2)cc1.Cl. The lowest BCUT2D eigenvalue weighted by Crippen LogP contribution is -2.49. The Balaban J connectivity index is 0.00000432. The minimum atomic E-state index is -0.193. The molecule has 6 nitrogen and oxygen atoms in total. The number of hydrogen-bond acceptors (Lipinski definition) is 4. The zero-order valence-corrected chi connectivity index (χ0v) is 22.1. The van der Waals surface area contributed by atoms with E-state index in [0.717, 1.165) is 36.8 Å². The number of nitrogens with zero attached hydrogens (tertiary/aromatic N) is 3. The quantitative estimate of drug-likeness (QED) is 0.426. The van der Waals surface area contributed by atoms with Crippen LogP contribution in [0.3, 0.4) is 0 Å². The molecule has 0 bridgehead atoms. The highest BCUT2D eigenvalue weighted by atomic mass is 35.5. The van der Waals surface area contributed by atoms with Crippen molar-refractivity contribution < 1.29 is 14.3 Å². The smallest absolute Gasteiger partial charge is 0.253 e. The van der Waals surface area contributed by atoms with Gasteiger partial charge in [-0.1, -0.05) is 30.3 Å². The molecule has 2 aromatic carbocycles. The van der Waals surface area contributed by atoms with E-state index in [2.05, 4.69) is 23.6 Å². The lowest BCUT2D eigenvalue weighted by atomic mass is 10.1. The highest BCUT2D eigenvalue weighted by molar-refractivity contribution is 6.30. The van der Waals surface area contributed by atoms with Crippen molar-refractivity contribution in [3.8, 4) is 0 Å². The summed E-state index contributed by atoms with van der Waals surface area (Å²) in [6.07, 6.45) is 2.36. The van der Waals surface area contributed by atoms with Crippen LogP contribution >= 0.6 is 24.0 Å². The van der Waals surface area contributed by atoms with Gasteiger partial charge in [-0.3, -0.25) is 14.5 Å². The van der Waals surface area contributed by atoms with Crippen molar-refractivity contribution in [3.05, 3.63) is 77.3 Å². The molecule has 1 heterocycles. The Kier molecular flexibility index (Phi) is 11.7. The van der Waals surface area contributed by atoms with Crippen molar-refractivity contribution in [2.75, 3.05) is 50.8 Å². The fraction of sp³-hybridized carbons (Fsp3) is 0.407. The molecule has 3 rings (SSSR count). The zero-order valence-electron chi connectivity index (χ0n) is 20.5. The molecule has 0 unspecified atom stereocenters. The largest absolute Gasteiger partial charge is 0.377 e. The second-order valence-corrected chi connectivity index (χ2v) is 9.11. The Bertz CT molecular complexity index is 957. The standard InChI is InChI=1S/C27H34ClN3O3.ClH/c1-4-26(32)31(19-20-34-21(2)3)25-11-7-23(8-12-25)27(33)30-17-15-29(16-18-30)14-13-22-5-9-24(28)10-6-22;/h4-12,21H,1,13-20H2,2-3H3;1H. The van der Waals surface area contributed by atoms with E-state index in [1.165, 1.54) is 11.6 Å². The number of carbonyl (C=O) groups excluding carboxylic acids is 2. The van der Waals surface area contributed by atoms with E-state index in [0.29, 0.717) is 31.8 Å². The van der Waals surface area contributed by atoms with E-state index < -0.39 is 0 Å². The van der Waals surface area contributed by atoms with Crippen molar-refractivity contribution in [2.24, 2.45) is 0 Å². The molecule has 1 fully saturated rings. The lowest BCUT2D eigenvalue weighted by molar-refractivity contribution is -0.114. The highest BCUT2D eigenvalue weighted by Crippen LogP contribution is 2.18. The molecule has 8 heteroatoms. The topological polar surface area (TPSA) is 53.1 Å². The molecule has 1 aliphatic heterocycles. The van der Waals surface area contributed by atoms with Gasteiger partial charge in [0.25, 0.3) is 5.91 Å². The number of benzene rings is 2. The predicted molar refractivity (Wildman–Crippen MR) is 145 cm³/mol. The Morgan fingerprint density at radius 1 is 1.06 bits per heavy atom. The monoisotopic (exact) mass is 519 g/mol. The number of rotatable bonds is 10. The molecular weight excluding hydrogens is 485 g/mol. The molecule has 2 amide bonds. The summed E-state index contributed by atoms with van der Waals surface area (Å²) in [7, 11) is 0. The van der Waals surface area contributed by atoms with E-state index in [1.54, 1.807) is 17.0 Å². The van der Waals surface area contributed by atoms with Gasteiger partial charge in [-0.2, -0.15) is 0 Å². The molecule has 0 radical (unpaired) electrons. The second kappa shape index (κ2) is 14.2. The molecule has 0 N–H and O–H groups in total. The van der Waals surface area contributed by atoms with Gasteiger partial charge in [0.05, 0.1) is 12.7 Å². The van der Waals surface area contributed by atoms with Gasteiger partial charge >= 0.3 is 0 Å². The summed E-state index contributed by atoms with van der Waals surface area (Å²) in [4.78, 5) is 31.2. The number of carbonyl (C=O) groups is 2. The van der Waals surface area contributed by atoms with Crippen molar-refractivity contribution in [1.82, 2.24) is 9.80 Å². The van der Waals surface area contributed by atoms with Crippen molar-refractivity contribution in [2.45, 2.75) is 26.4 Å². The van der Waals surface area contributed by atoms with E-state index >= 15 is 0 Å². The second-order valence-electron chi connectivity index (χ2n) is 8.67. The summed E-state index contributed by atoms with van der Waals surface area (Å²) in [6.45, 7) is 12.4. The summed E-state index contributed by atoms with van der Waals surface area (Å²) >= 11 is 5.96. The molecular formula is C27H35Cl2N3O3. The molecule has 2 aromatic rings. The maximum atomic E-state index is 13.0. The van der Waals surface area contributed by atoms with Crippen LogP contribution in [0.25, 0.3) is 0 Å². The molecule has 0 saturated carbocycles. The van der Waals surface area contributed by atoms with Crippen molar-refractivity contribution >= 4 is 41.5 Å². The van der Waals surface area contributed by atoms with Gasteiger partial charge in [-0.15, -0.1) is 12.4 Å². The van der Waals surface area contributed by atoms with Crippen molar-refractivity contribution in [3.63, 3.8) is 0 Å². The molecule has 1 aliphatic rings. The first kappa shape index (κ1) is 28.9. The van der Waals surface area contributed by atoms with Gasteiger partial charge in [-0.25, -0.2) is 0 Å². The van der Waals surface area contributed by atoms with Gasteiger partial charge < -0.3 is 14.5 Å². The maximum absolute atomic E-state index is 13.0. The van der Waals surface area contributed by atoms with Crippen LogP contribution in [0.1, 0.15) is 29.8 Å². The predicted octanol–water partition coefficient (Wildman–Crippen LogP) is 4.71. The average Bonchev–Trinajstić information content (AvgIpc) is 2.86. The molecule has 0 aromatic heterocycles. The number of piperazine rings is 1. The Labute approximate surface area is 219 Å². The summed E-state index contributed by atoms with van der Waals surface area (Å²) in [5.41, 5.74) is 2.62. The van der Waals surface area contributed by atoms with Gasteiger partial charge in [0, 0.05) is 55.5 Å². The normalized spacial score (nSPS) is 13.9. The van der Waals surface area contributed by atoms with Crippen molar-refractivity contribution in [1.29, 1.82) is 0 Å².